The Balaban J connectivity index is 1.90. The van der Waals surface area contributed by atoms with Gasteiger partial charge in [-0.25, -0.2) is 4.31 Å². The minimum Gasteiger partial charge on any atom is -0.245 e. The third kappa shape index (κ3) is 5.61. The van der Waals surface area contributed by atoms with Crippen molar-refractivity contribution in [3.63, 3.8) is 0 Å². The van der Waals surface area contributed by atoms with Gasteiger partial charge in [-0.3, -0.25) is 0 Å². The van der Waals surface area contributed by atoms with Gasteiger partial charge in [0, 0.05) is 39.3 Å². The van der Waals surface area contributed by atoms with E-state index in [1.807, 2.05) is 23.9 Å². The number of hydrogen-bond acceptors (Lipinski definition) is 5. The molecule has 0 aliphatic carbocycles. The lowest BCUT2D eigenvalue weighted by Gasteiger charge is -2.25. The van der Waals surface area contributed by atoms with E-state index in [1.165, 1.54) is 17.8 Å². The molecule has 2 nitrogen and oxygen atoms in total. The molecule has 1 aliphatic rings. The summed E-state index contributed by atoms with van der Waals surface area (Å²) in [5, 5.41) is 9.20. The molecule has 0 bridgehead atoms. The number of alkyl halides is 3. The molecular weight excluding hydrogens is 409 g/mol. The van der Waals surface area contributed by atoms with E-state index in [2.05, 4.69) is 10.4 Å². The van der Waals surface area contributed by atoms with Crippen LogP contribution >= 0.6 is 35.5 Å². The summed E-state index contributed by atoms with van der Waals surface area (Å²) in [6, 6.07) is 11.6. The van der Waals surface area contributed by atoms with Crippen LogP contribution < -0.4 is 0 Å². The zero-order valence-corrected chi connectivity index (χ0v) is 17.0. The maximum absolute atomic E-state index is 13.1. The molecule has 1 fully saturated rings. The lowest BCUT2D eigenvalue weighted by molar-refractivity contribution is -0.137. The summed E-state index contributed by atoms with van der Waals surface area (Å²) in [6.07, 6.45) is -4.37. The number of nitriles is 1. The van der Waals surface area contributed by atoms with E-state index in [4.69, 9.17) is 0 Å². The van der Waals surface area contributed by atoms with Gasteiger partial charge in [0.2, 0.25) is 0 Å². The molecule has 1 saturated heterocycles. The summed E-state index contributed by atoms with van der Waals surface area (Å²) in [4.78, 5) is 2.31. The van der Waals surface area contributed by atoms with E-state index >= 15 is 0 Å². The van der Waals surface area contributed by atoms with Crippen molar-refractivity contribution < 1.29 is 13.2 Å². The van der Waals surface area contributed by atoms with Crippen LogP contribution in [0.3, 0.4) is 0 Å². The van der Waals surface area contributed by atoms with E-state index < -0.39 is 11.7 Å². The number of nitrogens with zero attached hydrogens (tertiary/aromatic N) is 2. The molecule has 27 heavy (non-hydrogen) atoms. The minimum atomic E-state index is -4.37. The molecule has 142 valence electrons. The van der Waals surface area contributed by atoms with Crippen LogP contribution in [0.2, 0.25) is 0 Å². The van der Waals surface area contributed by atoms with E-state index in [1.54, 1.807) is 31.0 Å². The number of hydrogen-bond donors (Lipinski definition) is 0. The summed E-state index contributed by atoms with van der Waals surface area (Å²) in [5.74, 6) is 2.11. The zero-order chi connectivity index (χ0) is 19.4. The molecule has 8 heteroatoms. The van der Waals surface area contributed by atoms with Gasteiger partial charge in [-0.05, 0) is 60.8 Å². The van der Waals surface area contributed by atoms with Crippen LogP contribution in [0.5, 0.6) is 0 Å². The molecule has 0 aromatic heterocycles. The third-order valence-electron chi connectivity index (χ3n) is 3.88. The van der Waals surface area contributed by atoms with Crippen LogP contribution in [0.4, 0.5) is 13.2 Å². The smallest absolute Gasteiger partial charge is 0.245 e. The minimum absolute atomic E-state index is 0.545. The lowest BCUT2D eigenvalue weighted by atomic mass is 10.1. The van der Waals surface area contributed by atoms with Crippen molar-refractivity contribution in [2.45, 2.75) is 27.8 Å². The molecule has 0 amide bonds. The molecule has 2 aromatic carbocycles. The van der Waals surface area contributed by atoms with Crippen LogP contribution in [0.1, 0.15) is 16.7 Å². The molecule has 0 saturated carbocycles. The Labute approximate surface area is 169 Å². The van der Waals surface area contributed by atoms with E-state index in [0.717, 1.165) is 40.5 Å². The Morgan fingerprint density at radius 3 is 2.48 bits per heavy atom. The largest absolute Gasteiger partial charge is 0.416 e. The van der Waals surface area contributed by atoms with Crippen LogP contribution in [-0.4, -0.2) is 28.9 Å². The molecule has 0 spiro atoms. The van der Waals surface area contributed by atoms with E-state index in [9.17, 15) is 18.4 Å². The molecule has 1 aliphatic heterocycles. The fourth-order valence-corrected chi connectivity index (χ4v) is 5.94. The van der Waals surface area contributed by atoms with Gasteiger partial charge in [0.05, 0.1) is 17.2 Å². The van der Waals surface area contributed by atoms with Crippen LogP contribution in [0.25, 0.3) is 0 Å². The molecule has 0 unspecified atom stereocenters. The first-order valence-electron chi connectivity index (χ1n) is 8.27. The molecule has 0 atom stereocenters. The standard InChI is InChI=1S/C19H17F3N2S3/c1-13-8-15(19(20,21)22)11-16(9-13)26-17-3-2-14(12-23)10-18(17)27-24-4-6-25-7-5-24/h2-3,8-11H,4-7H2,1H3. The average Bonchev–Trinajstić information content (AvgIpc) is 2.63. The van der Waals surface area contributed by atoms with Gasteiger partial charge in [0.25, 0.3) is 0 Å². The number of rotatable bonds is 4. The van der Waals surface area contributed by atoms with Crippen LogP contribution in [-0.2, 0) is 6.18 Å². The Hall–Kier alpha value is -1.27. The van der Waals surface area contributed by atoms with E-state index in [-0.39, 0.29) is 0 Å². The molecular formula is C19H17F3N2S3. The highest BCUT2D eigenvalue weighted by Crippen LogP contribution is 2.40. The van der Waals surface area contributed by atoms with Crippen molar-refractivity contribution in [1.29, 1.82) is 5.26 Å². The molecule has 3 rings (SSSR count). The summed E-state index contributed by atoms with van der Waals surface area (Å²) >= 11 is 4.79. The highest BCUT2D eigenvalue weighted by atomic mass is 32.2. The van der Waals surface area contributed by atoms with Crippen molar-refractivity contribution >= 4 is 35.5 Å². The SMILES string of the molecule is Cc1cc(Sc2ccc(C#N)cc2SN2CCSCC2)cc(C(F)(F)F)c1. The second-order valence-corrected chi connectivity index (χ2v) is 9.52. The van der Waals surface area contributed by atoms with Gasteiger partial charge in [0.1, 0.15) is 0 Å². The van der Waals surface area contributed by atoms with Gasteiger partial charge < -0.3 is 0 Å². The lowest BCUT2D eigenvalue weighted by Crippen LogP contribution is -2.26. The quantitative estimate of drug-likeness (QED) is 0.551. The normalized spacial score (nSPS) is 15.5. The molecule has 0 radical (unpaired) electrons. The van der Waals surface area contributed by atoms with Gasteiger partial charge >= 0.3 is 6.18 Å². The van der Waals surface area contributed by atoms with Crippen molar-refractivity contribution in [2.75, 3.05) is 24.6 Å². The van der Waals surface area contributed by atoms with Gasteiger partial charge in [-0.1, -0.05) is 11.8 Å². The first-order valence-corrected chi connectivity index (χ1v) is 11.0. The topological polar surface area (TPSA) is 27.0 Å². The monoisotopic (exact) mass is 426 g/mol. The van der Waals surface area contributed by atoms with Crippen molar-refractivity contribution in [3.8, 4) is 6.07 Å². The first kappa shape index (κ1) is 20.5. The Bertz CT molecular complexity index is 856. The van der Waals surface area contributed by atoms with Crippen molar-refractivity contribution in [1.82, 2.24) is 4.31 Å². The van der Waals surface area contributed by atoms with Gasteiger partial charge in [0.15, 0.2) is 0 Å². The van der Waals surface area contributed by atoms with Gasteiger partial charge in [-0.15, -0.1) is 0 Å². The second kappa shape index (κ2) is 8.82. The predicted molar refractivity (Wildman–Crippen MR) is 106 cm³/mol. The number of benzene rings is 2. The number of halogens is 3. The third-order valence-corrected chi connectivity index (χ3v) is 7.15. The zero-order valence-electron chi connectivity index (χ0n) is 14.5. The fraction of sp³-hybridized carbons (Fsp3) is 0.316. The number of thioether (sulfide) groups is 1. The van der Waals surface area contributed by atoms with Crippen LogP contribution in [0.15, 0.2) is 51.1 Å². The average molecular weight is 427 g/mol. The maximum atomic E-state index is 13.1. The Kier molecular flexibility index (Phi) is 6.69. The molecule has 1 heterocycles. The first-order chi connectivity index (χ1) is 12.8. The van der Waals surface area contributed by atoms with Crippen molar-refractivity contribution in [2.24, 2.45) is 0 Å². The number of aryl methyl sites for hydroxylation is 1. The second-order valence-electron chi connectivity index (χ2n) is 6.04. The Morgan fingerprint density at radius 2 is 1.81 bits per heavy atom. The van der Waals surface area contributed by atoms with E-state index in [0.29, 0.717) is 16.0 Å². The molecule has 2 aromatic rings. The highest BCUT2D eigenvalue weighted by molar-refractivity contribution is 8.01. The summed E-state index contributed by atoms with van der Waals surface area (Å²) in [6.45, 7) is 3.55. The summed E-state index contributed by atoms with van der Waals surface area (Å²) in [7, 11) is 0. The maximum Gasteiger partial charge on any atom is 0.416 e. The Morgan fingerprint density at radius 1 is 1.07 bits per heavy atom. The van der Waals surface area contributed by atoms with Gasteiger partial charge in [-0.2, -0.15) is 30.2 Å². The van der Waals surface area contributed by atoms with Crippen molar-refractivity contribution in [3.05, 3.63) is 53.1 Å². The predicted octanol–water partition coefficient (Wildman–Crippen LogP) is 6.09. The highest BCUT2D eigenvalue weighted by Gasteiger charge is 2.31. The summed E-state index contributed by atoms with van der Waals surface area (Å²) < 4.78 is 41.6. The van der Waals surface area contributed by atoms with Crippen LogP contribution in [0, 0.1) is 18.3 Å². The molecule has 0 N–H and O–H groups in total. The summed E-state index contributed by atoms with van der Waals surface area (Å²) in [5.41, 5.74) is 0.484. The fourth-order valence-electron chi connectivity index (χ4n) is 2.61.